The number of anilines is 1. The average Bonchev–Trinajstić information content (AvgIpc) is 3.07. The Labute approximate surface area is 156 Å². The first-order valence-corrected chi connectivity index (χ1v) is 10.1. The first kappa shape index (κ1) is 19.0. The van der Waals surface area contributed by atoms with Crippen LogP contribution in [0.4, 0.5) is 5.69 Å². The minimum absolute atomic E-state index is 0.350. The third-order valence-corrected chi connectivity index (χ3v) is 5.48. The molecule has 0 aromatic carbocycles. The lowest BCUT2D eigenvalue weighted by molar-refractivity contribution is 0.0131. The summed E-state index contributed by atoms with van der Waals surface area (Å²) in [6.07, 6.45) is 11.5. The number of guanidine groups is 1. The van der Waals surface area contributed by atoms with Crippen LogP contribution in [0, 0.1) is 0 Å². The summed E-state index contributed by atoms with van der Waals surface area (Å²) in [6.45, 7) is 5.40. The van der Waals surface area contributed by atoms with Crippen molar-refractivity contribution in [1.29, 1.82) is 0 Å². The second-order valence-electron chi connectivity index (χ2n) is 7.78. The van der Waals surface area contributed by atoms with Gasteiger partial charge in [-0.3, -0.25) is 9.67 Å². The lowest BCUT2D eigenvalue weighted by Crippen LogP contribution is -2.51. The smallest absolute Gasteiger partial charge is 0.191 e. The molecule has 1 aromatic rings. The maximum atomic E-state index is 10.7. The first-order chi connectivity index (χ1) is 12.6. The van der Waals surface area contributed by atoms with Crippen LogP contribution in [-0.4, -0.2) is 58.7 Å². The quantitative estimate of drug-likeness (QED) is 0.548. The van der Waals surface area contributed by atoms with Gasteiger partial charge in [0.2, 0.25) is 0 Å². The van der Waals surface area contributed by atoms with Gasteiger partial charge in [-0.15, -0.1) is 0 Å². The van der Waals surface area contributed by atoms with Gasteiger partial charge in [0.25, 0.3) is 0 Å². The topological polar surface area (TPSA) is 77.7 Å². The van der Waals surface area contributed by atoms with E-state index in [4.69, 9.17) is 4.99 Å². The normalized spacial score (nSPS) is 23.7. The standard InChI is InChI=1S/C19H34N6O/c1-3-20-18(21-15-19(26)9-5-4-6-10-19)23-16-8-7-11-25(13-16)17-12-22-24(2)14-17/h12,14,16,26H,3-11,13,15H2,1-2H3,(H2,20,21,23). The molecule has 1 unspecified atom stereocenters. The van der Waals surface area contributed by atoms with E-state index in [1.54, 1.807) is 0 Å². The van der Waals surface area contributed by atoms with Crippen LogP contribution in [0.1, 0.15) is 51.9 Å². The van der Waals surface area contributed by atoms with Crippen LogP contribution in [0.2, 0.25) is 0 Å². The molecule has 0 spiro atoms. The number of hydrogen-bond donors (Lipinski definition) is 3. The number of aliphatic hydroxyl groups is 1. The van der Waals surface area contributed by atoms with E-state index < -0.39 is 5.60 Å². The van der Waals surface area contributed by atoms with E-state index in [9.17, 15) is 5.11 Å². The van der Waals surface area contributed by atoms with E-state index in [1.165, 1.54) is 12.1 Å². The zero-order valence-electron chi connectivity index (χ0n) is 16.2. The van der Waals surface area contributed by atoms with Crippen LogP contribution in [0.3, 0.4) is 0 Å². The minimum atomic E-state index is -0.616. The van der Waals surface area contributed by atoms with Crippen LogP contribution in [0.5, 0.6) is 0 Å². The molecule has 146 valence electrons. The summed E-state index contributed by atoms with van der Waals surface area (Å²) in [5.74, 6) is 0.824. The predicted molar refractivity (Wildman–Crippen MR) is 106 cm³/mol. The zero-order chi connectivity index (χ0) is 18.4. The third kappa shape index (κ3) is 5.13. The van der Waals surface area contributed by atoms with Crippen molar-refractivity contribution in [2.45, 2.75) is 63.5 Å². The maximum absolute atomic E-state index is 10.7. The summed E-state index contributed by atoms with van der Waals surface area (Å²) >= 11 is 0. The highest BCUT2D eigenvalue weighted by Crippen LogP contribution is 2.28. The average molecular weight is 363 g/mol. The van der Waals surface area contributed by atoms with Gasteiger partial charge in [0.15, 0.2) is 5.96 Å². The molecule has 1 saturated heterocycles. The summed E-state index contributed by atoms with van der Waals surface area (Å²) in [7, 11) is 1.95. The van der Waals surface area contributed by atoms with Crippen molar-refractivity contribution in [3.63, 3.8) is 0 Å². The molecule has 0 amide bonds. The van der Waals surface area contributed by atoms with Crippen molar-refractivity contribution in [3.8, 4) is 0 Å². The molecule has 2 aliphatic rings. The molecule has 1 aliphatic heterocycles. The van der Waals surface area contributed by atoms with Gasteiger partial charge >= 0.3 is 0 Å². The Kier molecular flexibility index (Phi) is 6.40. The second kappa shape index (κ2) is 8.75. The van der Waals surface area contributed by atoms with Crippen LogP contribution in [0.15, 0.2) is 17.4 Å². The molecule has 2 fully saturated rings. The highest BCUT2D eigenvalue weighted by atomic mass is 16.3. The molecule has 0 radical (unpaired) electrons. The monoisotopic (exact) mass is 362 g/mol. The van der Waals surface area contributed by atoms with Crippen LogP contribution in [0.25, 0.3) is 0 Å². The van der Waals surface area contributed by atoms with Gasteiger partial charge in [0.05, 0.1) is 24.0 Å². The highest BCUT2D eigenvalue weighted by Gasteiger charge is 2.29. The van der Waals surface area contributed by atoms with Crippen molar-refractivity contribution in [2.75, 3.05) is 31.1 Å². The Hall–Kier alpha value is -1.76. The lowest BCUT2D eigenvalue weighted by atomic mass is 9.85. The molecule has 1 aromatic heterocycles. The zero-order valence-corrected chi connectivity index (χ0v) is 16.2. The van der Waals surface area contributed by atoms with Gasteiger partial charge in [-0.05, 0) is 32.6 Å². The van der Waals surface area contributed by atoms with Crippen molar-refractivity contribution in [3.05, 3.63) is 12.4 Å². The Morgan fingerprint density at radius 2 is 2.15 bits per heavy atom. The van der Waals surface area contributed by atoms with Gasteiger partial charge in [0, 0.05) is 38.9 Å². The van der Waals surface area contributed by atoms with Crippen molar-refractivity contribution >= 4 is 11.6 Å². The van der Waals surface area contributed by atoms with Gasteiger partial charge in [-0.1, -0.05) is 19.3 Å². The predicted octanol–water partition coefficient (Wildman–Crippen LogP) is 1.64. The molecule has 2 heterocycles. The summed E-state index contributed by atoms with van der Waals surface area (Å²) in [6, 6.07) is 0.350. The van der Waals surface area contributed by atoms with E-state index >= 15 is 0 Å². The number of nitrogens with zero attached hydrogens (tertiary/aromatic N) is 4. The number of nitrogens with one attached hydrogen (secondary N) is 2. The van der Waals surface area contributed by atoms with Gasteiger partial charge in [-0.2, -0.15) is 5.10 Å². The molecule has 7 heteroatoms. The molecule has 0 bridgehead atoms. The van der Waals surface area contributed by atoms with Crippen molar-refractivity contribution in [2.24, 2.45) is 12.0 Å². The van der Waals surface area contributed by atoms with Gasteiger partial charge < -0.3 is 20.6 Å². The summed E-state index contributed by atoms with van der Waals surface area (Å²) in [4.78, 5) is 7.10. The van der Waals surface area contributed by atoms with Crippen molar-refractivity contribution < 1.29 is 5.11 Å². The Morgan fingerprint density at radius 1 is 1.35 bits per heavy atom. The van der Waals surface area contributed by atoms with E-state index in [-0.39, 0.29) is 0 Å². The summed E-state index contributed by atoms with van der Waals surface area (Å²) in [5.41, 5.74) is 0.562. The van der Waals surface area contributed by atoms with Crippen LogP contribution in [-0.2, 0) is 7.05 Å². The number of hydrogen-bond acceptors (Lipinski definition) is 4. The van der Waals surface area contributed by atoms with Gasteiger partial charge in [-0.25, -0.2) is 0 Å². The lowest BCUT2D eigenvalue weighted by Gasteiger charge is -2.35. The molecular weight excluding hydrogens is 328 g/mol. The third-order valence-electron chi connectivity index (χ3n) is 5.48. The van der Waals surface area contributed by atoms with Crippen LogP contribution >= 0.6 is 0 Å². The molecule has 1 aliphatic carbocycles. The fourth-order valence-electron chi connectivity index (χ4n) is 4.01. The minimum Gasteiger partial charge on any atom is -0.388 e. The van der Waals surface area contributed by atoms with E-state index in [1.807, 2.05) is 17.9 Å². The van der Waals surface area contributed by atoms with Gasteiger partial charge in [0.1, 0.15) is 0 Å². The van der Waals surface area contributed by atoms with E-state index in [0.717, 1.165) is 64.1 Å². The maximum Gasteiger partial charge on any atom is 0.191 e. The number of aromatic nitrogens is 2. The largest absolute Gasteiger partial charge is 0.388 e. The number of aryl methyl sites for hydroxylation is 1. The number of piperidine rings is 1. The molecule has 3 N–H and O–H groups in total. The second-order valence-corrected chi connectivity index (χ2v) is 7.78. The number of rotatable bonds is 5. The molecule has 1 atom stereocenters. The fourth-order valence-corrected chi connectivity index (χ4v) is 4.01. The number of aliphatic imine (C=N–C) groups is 1. The first-order valence-electron chi connectivity index (χ1n) is 10.1. The van der Waals surface area contributed by atoms with Crippen LogP contribution < -0.4 is 15.5 Å². The Morgan fingerprint density at radius 3 is 2.85 bits per heavy atom. The van der Waals surface area contributed by atoms with E-state index in [2.05, 4.69) is 33.8 Å². The fraction of sp³-hybridized carbons (Fsp3) is 0.789. The summed E-state index contributed by atoms with van der Waals surface area (Å²) in [5, 5.41) is 21.9. The molecule has 26 heavy (non-hydrogen) atoms. The van der Waals surface area contributed by atoms with Crippen molar-refractivity contribution in [1.82, 2.24) is 20.4 Å². The molecule has 7 nitrogen and oxygen atoms in total. The Bertz CT molecular complexity index is 593. The molecule has 1 saturated carbocycles. The Balaban J connectivity index is 1.58. The highest BCUT2D eigenvalue weighted by molar-refractivity contribution is 5.80. The van der Waals surface area contributed by atoms with E-state index in [0.29, 0.717) is 12.6 Å². The summed E-state index contributed by atoms with van der Waals surface area (Å²) < 4.78 is 1.85. The molecule has 3 rings (SSSR count). The SMILES string of the molecule is CCNC(=NCC1(O)CCCCC1)NC1CCCN(c2cnn(C)c2)C1. The molecular formula is C19H34N6O.